The maximum Gasteiger partial charge on any atom is 2.00 e. The summed E-state index contributed by atoms with van der Waals surface area (Å²) in [5, 5.41) is 21.8. The Labute approximate surface area is 227 Å². The van der Waals surface area contributed by atoms with Crippen LogP contribution in [0.4, 0.5) is 0 Å². The van der Waals surface area contributed by atoms with Gasteiger partial charge in [-0.15, -0.1) is 23.5 Å². The molecule has 0 amide bonds. The van der Waals surface area contributed by atoms with Crippen LogP contribution in [0.15, 0.2) is 119 Å². The van der Waals surface area contributed by atoms with Crippen LogP contribution in [0, 0.1) is 0 Å². The van der Waals surface area contributed by atoms with Crippen LogP contribution in [-0.2, 0) is 31.9 Å². The molecule has 0 atom stereocenters. The maximum atomic E-state index is 10.9. The minimum atomic E-state index is -1.12. The number of carbonyl (C=O) groups excluding carboxylic acids is 2. The van der Waals surface area contributed by atoms with E-state index in [-0.39, 0.29) is 31.5 Å². The van der Waals surface area contributed by atoms with Crippen molar-refractivity contribution in [3.05, 3.63) is 131 Å². The van der Waals surface area contributed by atoms with Gasteiger partial charge in [0.25, 0.3) is 0 Å². The van der Waals surface area contributed by atoms with Gasteiger partial charge in [-0.05, 0) is 23.3 Å². The molecule has 7 heteroatoms. The van der Waals surface area contributed by atoms with Gasteiger partial charge >= 0.3 is 20.4 Å². The van der Waals surface area contributed by atoms with Gasteiger partial charge in [-0.1, -0.05) is 97.1 Å². The molecule has 4 aromatic carbocycles. The Morgan fingerprint density at radius 2 is 0.829 bits per heavy atom. The van der Waals surface area contributed by atoms with Crippen LogP contribution in [-0.4, -0.2) is 11.9 Å². The van der Waals surface area contributed by atoms with Crippen LogP contribution < -0.4 is 10.2 Å². The predicted octanol–water partition coefficient (Wildman–Crippen LogP) is 4.68. The molecule has 0 saturated carbocycles. The van der Waals surface area contributed by atoms with Gasteiger partial charge in [0.2, 0.25) is 0 Å². The standard InChI is InChI=1S/2C14H12O2S.Pd/c2*15-14(16)12-8-4-5-9-13(12)17-10-11-6-2-1-3-7-11;/h2*1-9H,10H2,(H,15,16);/q;;+2/p-2. The van der Waals surface area contributed by atoms with Gasteiger partial charge in [0.05, 0.1) is 11.9 Å². The molecule has 180 valence electrons. The van der Waals surface area contributed by atoms with Crippen molar-refractivity contribution in [2.75, 3.05) is 0 Å². The summed E-state index contributed by atoms with van der Waals surface area (Å²) in [6.45, 7) is 0. The van der Waals surface area contributed by atoms with Gasteiger partial charge in [0, 0.05) is 32.4 Å². The molecule has 0 radical (unpaired) electrons. The molecule has 0 spiro atoms. The molecule has 4 aromatic rings. The fourth-order valence-electron chi connectivity index (χ4n) is 2.99. The van der Waals surface area contributed by atoms with E-state index in [0.717, 1.165) is 21.3 Å². The van der Waals surface area contributed by atoms with Crippen molar-refractivity contribution in [2.45, 2.75) is 21.3 Å². The zero-order valence-electron chi connectivity index (χ0n) is 18.6. The molecule has 0 fully saturated rings. The molecule has 0 aliphatic heterocycles. The van der Waals surface area contributed by atoms with E-state index in [0.29, 0.717) is 0 Å². The Kier molecular flexibility index (Phi) is 12.4. The van der Waals surface area contributed by atoms with Gasteiger partial charge in [-0.25, -0.2) is 0 Å². The molecule has 0 aliphatic rings. The molecular weight excluding hydrogens is 571 g/mol. The third-order valence-electron chi connectivity index (χ3n) is 4.69. The van der Waals surface area contributed by atoms with Crippen molar-refractivity contribution in [1.29, 1.82) is 0 Å². The van der Waals surface area contributed by atoms with Crippen LogP contribution in [0.5, 0.6) is 0 Å². The summed E-state index contributed by atoms with van der Waals surface area (Å²) in [7, 11) is 0. The quantitative estimate of drug-likeness (QED) is 0.218. The number of benzene rings is 4. The first-order valence-corrected chi connectivity index (χ1v) is 12.5. The Bertz CT molecular complexity index is 1120. The molecule has 0 N–H and O–H groups in total. The molecular formula is C28H22O4PdS2. The second-order valence-electron chi connectivity index (χ2n) is 7.12. The van der Waals surface area contributed by atoms with Crippen molar-refractivity contribution in [1.82, 2.24) is 0 Å². The average Bonchev–Trinajstić information content (AvgIpc) is 2.88. The van der Waals surface area contributed by atoms with Crippen molar-refractivity contribution < 1.29 is 40.2 Å². The first kappa shape index (κ1) is 28.4. The maximum absolute atomic E-state index is 10.9. The van der Waals surface area contributed by atoms with Gasteiger partial charge in [-0.3, -0.25) is 0 Å². The zero-order valence-corrected chi connectivity index (χ0v) is 21.8. The van der Waals surface area contributed by atoms with Crippen LogP contribution in [0.25, 0.3) is 0 Å². The number of carboxylic acid groups (broad SMARTS) is 2. The summed E-state index contributed by atoms with van der Waals surface area (Å²) in [6.07, 6.45) is 0. The van der Waals surface area contributed by atoms with Crippen LogP contribution in [0.1, 0.15) is 31.8 Å². The van der Waals surface area contributed by atoms with Crippen molar-refractivity contribution in [3.63, 3.8) is 0 Å². The molecule has 0 heterocycles. The second-order valence-corrected chi connectivity index (χ2v) is 9.15. The largest absolute Gasteiger partial charge is 2.00 e. The van der Waals surface area contributed by atoms with Crippen LogP contribution in [0.2, 0.25) is 0 Å². The Balaban J connectivity index is 0.000000240. The van der Waals surface area contributed by atoms with E-state index in [1.807, 2.05) is 72.8 Å². The van der Waals surface area contributed by atoms with Crippen molar-refractivity contribution in [3.8, 4) is 0 Å². The molecule has 4 rings (SSSR count). The van der Waals surface area contributed by atoms with E-state index >= 15 is 0 Å². The number of hydrogen-bond acceptors (Lipinski definition) is 6. The summed E-state index contributed by atoms with van der Waals surface area (Å²) in [5.41, 5.74) is 2.86. The number of carboxylic acids is 2. The number of hydrogen-bond donors (Lipinski definition) is 0. The fourth-order valence-corrected chi connectivity index (χ4v) is 4.99. The van der Waals surface area contributed by atoms with E-state index in [4.69, 9.17) is 0 Å². The number of rotatable bonds is 8. The van der Waals surface area contributed by atoms with Gasteiger partial charge in [0.15, 0.2) is 0 Å². The predicted molar refractivity (Wildman–Crippen MR) is 134 cm³/mol. The molecule has 0 bridgehead atoms. The van der Waals surface area contributed by atoms with Crippen molar-refractivity contribution >= 4 is 35.5 Å². The summed E-state index contributed by atoms with van der Waals surface area (Å²) < 4.78 is 0. The first-order valence-electron chi connectivity index (χ1n) is 10.5. The molecule has 0 aromatic heterocycles. The van der Waals surface area contributed by atoms with Gasteiger partial charge in [0.1, 0.15) is 0 Å². The zero-order chi connectivity index (χ0) is 24.2. The molecule has 4 nitrogen and oxygen atoms in total. The van der Waals surface area contributed by atoms with Crippen LogP contribution in [0.3, 0.4) is 0 Å². The Morgan fingerprint density at radius 3 is 1.17 bits per heavy atom. The van der Waals surface area contributed by atoms with Gasteiger partial charge in [-0.2, -0.15) is 0 Å². The Hall–Kier alpha value is -2.82. The van der Waals surface area contributed by atoms with E-state index in [9.17, 15) is 19.8 Å². The minimum absolute atomic E-state index is 0. The Morgan fingerprint density at radius 1 is 0.514 bits per heavy atom. The van der Waals surface area contributed by atoms with Crippen molar-refractivity contribution in [2.24, 2.45) is 0 Å². The van der Waals surface area contributed by atoms with E-state index < -0.39 is 11.9 Å². The summed E-state index contributed by atoms with van der Waals surface area (Å²) in [4.78, 5) is 23.3. The molecule has 0 aliphatic carbocycles. The molecule has 0 unspecified atom stereocenters. The summed E-state index contributed by atoms with van der Waals surface area (Å²) >= 11 is 3.02. The number of thioether (sulfide) groups is 2. The van der Waals surface area contributed by atoms with E-state index in [1.165, 1.54) is 34.7 Å². The summed E-state index contributed by atoms with van der Waals surface area (Å²) in [5.74, 6) is -0.738. The minimum Gasteiger partial charge on any atom is -0.545 e. The van der Waals surface area contributed by atoms with Crippen LogP contribution >= 0.6 is 23.5 Å². The molecule has 0 saturated heterocycles. The summed E-state index contributed by atoms with van der Waals surface area (Å²) in [6, 6.07) is 33.7. The average molecular weight is 593 g/mol. The number of carbonyl (C=O) groups is 2. The number of aromatic carboxylic acids is 2. The normalized spacial score (nSPS) is 9.83. The smallest absolute Gasteiger partial charge is 0.545 e. The second kappa shape index (κ2) is 15.2. The monoisotopic (exact) mass is 592 g/mol. The first-order chi connectivity index (χ1) is 16.5. The third kappa shape index (κ3) is 9.39. The van der Waals surface area contributed by atoms with E-state index in [2.05, 4.69) is 0 Å². The fraction of sp³-hybridized carbons (Fsp3) is 0.0714. The molecule has 35 heavy (non-hydrogen) atoms. The third-order valence-corrected chi connectivity index (χ3v) is 6.98. The van der Waals surface area contributed by atoms with Gasteiger partial charge < -0.3 is 19.8 Å². The van der Waals surface area contributed by atoms with E-state index in [1.54, 1.807) is 36.4 Å². The SMILES string of the molecule is O=C([O-])c1ccccc1SCc1ccccc1.O=C([O-])c1ccccc1SCc1ccccc1.[Pd+2]. The topological polar surface area (TPSA) is 80.3 Å².